The van der Waals surface area contributed by atoms with Crippen molar-refractivity contribution >= 4 is 11.7 Å². The first-order chi connectivity index (χ1) is 8.58. The van der Waals surface area contributed by atoms with E-state index in [2.05, 4.69) is 12.1 Å². The van der Waals surface area contributed by atoms with E-state index < -0.39 is 0 Å². The first-order valence-corrected chi connectivity index (χ1v) is 6.87. The molecule has 0 bridgehead atoms. The summed E-state index contributed by atoms with van der Waals surface area (Å²) in [4.78, 5) is 14.5. The molecule has 0 radical (unpaired) electrons. The fourth-order valence-electron chi connectivity index (χ4n) is 3.28. The van der Waals surface area contributed by atoms with Crippen LogP contribution in [0.25, 0.3) is 0 Å². The molecule has 1 aliphatic carbocycles. The van der Waals surface area contributed by atoms with Gasteiger partial charge in [0.1, 0.15) is 0 Å². The molecule has 0 aromatic rings. The SMILES string of the molecule is CC1(C(=O)N2CCCC2C(N)=NO)CCCCC1. The van der Waals surface area contributed by atoms with Gasteiger partial charge in [-0.2, -0.15) is 0 Å². The quantitative estimate of drug-likeness (QED) is 0.340. The number of amidine groups is 1. The van der Waals surface area contributed by atoms with Crippen LogP contribution >= 0.6 is 0 Å². The Morgan fingerprint density at radius 1 is 1.33 bits per heavy atom. The van der Waals surface area contributed by atoms with E-state index in [1.807, 2.05) is 4.90 Å². The van der Waals surface area contributed by atoms with E-state index >= 15 is 0 Å². The van der Waals surface area contributed by atoms with E-state index in [0.717, 1.165) is 45.1 Å². The highest BCUT2D eigenvalue weighted by atomic mass is 16.4. The van der Waals surface area contributed by atoms with Crippen molar-refractivity contribution in [2.24, 2.45) is 16.3 Å². The third-order valence-electron chi connectivity index (χ3n) is 4.44. The number of nitrogens with two attached hydrogens (primary N) is 1. The lowest BCUT2D eigenvalue weighted by atomic mass is 9.74. The lowest BCUT2D eigenvalue weighted by Gasteiger charge is -2.37. The van der Waals surface area contributed by atoms with Crippen LogP contribution in [0.2, 0.25) is 0 Å². The van der Waals surface area contributed by atoms with E-state index in [-0.39, 0.29) is 23.2 Å². The predicted octanol–water partition coefficient (Wildman–Crippen LogP) is 1.69. The molecule has 1 atom stereocenters. The van der Waals surface area contributed by atoms with Gasteiger partial charge in [-0.25, -0.2) is 0 Å². The standard InChI is InChI=1S/C13H23N3O2/c1-13(7-3-2-4-8-13)12(17)16-9-5-6-10(16)11(14)15-18/h10,18H,2-9H2,1H3,(H2,14,15). The topological polar surface area (TPSA) is 78.9 Å². The number of oxime groups is 1. The van der Waals surface area contributed by atoms with Crippen LogP contribution in [0.15, 0.2) is 5.16 Å². The van der Waals surface area contributed by atoms with Crippen molar-refractivity contribution in [2.45, 2.75) is 57.9 Å². The minimum absolute atomic E-state index is 0.167. The van der Waals surface area contributed by atoms with Crippen LogP contribution in [-0.2, 0) is 4.79 Å². The van der Waals surface area contributed by atoms with E-state index in [4.69, 9.17) is 10.9 Å². The molecule has 1 amide bonds. The Labute approximate surface area is 108 Å². The van der Waals surface area contributed by atoms with Gasteiger partial charge in [0, 0.05) is 12.0 Å². The van der Waals surface area contributed by atoms with Crippen molar-refractivity contribution in [1.82, 2.24) is 4.90 Å². The molecule has 0 spiro atoms. The molecular formula is C13H23N3O2. The molecule has 1 heterocycles. The van der Waals surface area contributed by atoms with Gasteiger partial charge in [-0.3, -0.25) is 4.79 Å². The van der Waals surface area contributed by atoms with Crippen molar-refractivity contribution < 1.29 is 10.0 Å². The lowest BCUT2D eigenvalue weighted by molar-refractivity contribution is -0.142. The summed E-state index contributed by atoms with van der Waals surface area (Å²) in [5, 5.41) is 11.9. The van der Waals surface area contributed by atoms with Crippen LogP contribution in [0.3, 0.4) is 0 Å². The molecule has 0 aromatic carbocycles. The van der Waals surface area contributed by atoms with Gasteiger partial charge in [0.25, 0.3) is 0 Å². The van der Waals surface area contributed by atoms with Gasteiger partial charge >= 0.3 is 0 Å². The average molecular weight is 253 g/mol. The number of amides is 1. The molecule has 2 rings (SSSR count). The lowest BCUT2D eigenvalue weighted by Crippen LogP contribution is -2.50. The van der Waals surface area contributed by atoms with E-state index in [9.17, 15) is 4.79 Å². The molecule has 5 nitrogen and oxygen atoms in total. The average Bonchev–Trinajstić information content (AvgIpc) is 2.86. The van der Waals surface area contributed by atoms with Crippen LogP contribution in [0.5, 0.6) is 0 Å². The third kappa shape index (κ3) is 2.31. The predicted molar refractivity (Wildman–Crippen MR) is 69.3 cm³/mol. The van der Waals surface area contributed by atoms with Crippen molar-refractivity contribution in [2.75, 3.05) is 6.54 Å². The van der Waals surface area contributed by atoms with Crippen LogP contribution in [-0.4, -0.2) is 34.4 Å². The van der Waals surface area contributed by atoms with E-state index in [1.54, 1.807) is 0 Å². The Bertz CT molecular complexity index is 348. The monoisotopic (exact) mass is 253 g/mol. The fraction of sp³-hybridized carbons (Fsp3) is 0.846. The van der Waals surface area contributed by atoms with Crippen LogP contribution in [0.4, 0.5) is 0 Å². The summed E-state index contributed by atoms with van der Waals surface area (Å²) in [7, 11) is 0. The van der Waals surface area contributed by atoms with Gasteiger partial charge in [-0.15, -0.1) is 0 Å². The summed E-state index contributed by atoms with van der Waals surface area (Å²) in [6.45, 7) is 2.80. The van der Waals surface area contributed by atoms with Gasteiger partial charge in [-0.05, 0) is 25.7 Å². The van der Waals surface area contributed by atoms with Crippen LogP contribution < -0.4 is 5.73 Å². The summed E-state index contributed by atoms with van der Waals surface area (Å²) in [6.07, 6.45) is 7.15. The molecule has 0 aromatic heterocycles. The number of rotatable bonds is 2. The Kier molecular flexibility index (Phi) is 3.78. The van der Waals surface area contributed by atoms with Crippen LogP contribution in [0, 0.1) is 5.41 Å². The first kappa shape index (κ1) is 13.2. The molecule has 5 heteroatoms. The molecule has 1 saturated heterocycles. The number of hydrogen-bond donors (Lipinski definition) is 2. The number of nitrogens with zero attached hydrogens (tertiary/aromatic N) is 2. The highest BCUT2D eigenvalue weighted by Gasteiger charge is 2.42. The van der Waals surface area contributed by atoms with E-state index in [0.29, 0.717) is 0 Å². The second kappa shape index (κ2) is 5.16. The van der Waals surface area contributed by atoms with Gasteiger partial charge in [0.05, 0.1) is 6.04 Å². The number of carbonyl (C=O) groups is 1. The third-order valence-corrected chi connectivity index (χ3v) is 4.44. The molecule has 2 fully saturated rings. The van der Waals surface area contributed by atoms with Crippen molar-refractivity contribution in [3.63, 3.8) is 0 Å². The Balaban J connectivity index is 2.12. The van der Waals surface area contributed by atoms with Gasteiger partial charge in [-0.1, -0.05) is 31.3 Å². The zero-order valence-corrected chi connectivity index (χ0v) is 11.1. The second-order valence-electron chi connectivity index (χ2n) is 5.80. The molecule has 1 aliphatic heterocycles. The normalized spacial score (nSPS) is 28.4. The molecule has 1 unspecified atom stereocenters. The minimum atomic E-state index is -0.240. The van der Waals surface area contributed by atoms with Crippen LogP contribution in [0.1, 0.15) is 51.9 Å². The maximum atomic E-state index is 12.7. The Morgan fingerprint density at radius 3 is 2.61 bits per heavy atom. The van der Waals surface area contributed by atoms with Gasteiger partial charge in [0.2, 0.25) is 5.91 Å². The summed E-state index contributed by atoms with van der Waals surface area (Å²) in [5.41, 5.74) is 5.45. The van der Waals surface area contributed by atoms with Crippen molar-refractivity contribution in [3.05, 3.63) is 0 Å². The molecule has 1 saturated carbocycles. The smallest absolute Gasteiger partial charge is 0.229 e. The maximum absolute atomic E-state index is 12.7. The highest BCUT2D eigenvalue weighted by Crippen LogP contribution is 2.39. The highest BCUT2D eigenvalue weighted by molar-refractivity contribution is 5.92. The number of hydrogen-bond acceptors (Lipinski definition) is 3. The maximum Gasteiger partial charge on any atom is 0.229 e. The van der Waals surface area contributed by atoms with Crippen molar-refractivity contribution in [1.29, 1.82) is 0 Å². The summed E-state index contributed by atoms with van der Waals surface area (Å²) in [5.74, 6) is 0.358. The summed E-state index contributed by atoms with van der Waals surface area (Å²) < 4.78 is 0. The molecule has 102 valence electrons. The van der Waals surface area contributed by atoms with E-state index in [1.165, 1.54) is 6.42 Å². The molecular weight excluding hydrogens is 230 g/mol. The zero-order valence-electron chi connectivity index (χ0n) is 11.1. The molecule has 3 N–H and O–H groups in total. The van der Waals surface area contributed by atoms with Gasteiger partial charge in [0.15, 0.2) is 5.84 Å². The molecule has 2 aliphatic rings. The summed E-state index contributed by atoms with van der Waals surface area (Å²) >= 11 is 0. The van der Waals surface area contributed by atoms with Gasteiger partial charge < -0.3 is 15.8 Å². The second-order valence-corrected chi connectivity index (χ2v) is 5.80. The largest absolute Gasteiger partial charge is 0.409 e. The Morgan fingerprint density at radius 2 is 2.00 bits per heavy atom. The number of carbonyl (C=O) groups excluding carboxylic acids is 1. The number of likely N-dealkylation sites (tertiary alicyclic amines) is 1. The summed E-state index contributed by atoms with van der Waals surface area (Å²) in [6, 6.07) is -0.207. The fourth-order valence-corrected chi connectivity index (χ4v) is 3.28. The minimum Gasteiger partial charge on any atom is -0.409 e. The zero-order chi connectivity index (χ0) is 13.2. The Hall–Kier alpha value is -1.26. The van der Waals surface area contributed by atoms with Crippen molar-refractivity contribution in [3.8, 4) is 0 Å². The molecule has 18 heavy (non-hydrogen) atoms. The first-order valence-electron chi connectivity index (χ1n) is 6.87.